The molecule has 0 radical (unpaired) electrons. The number of sulfonamides is 2. The third kappa shape index (κ3) is 8.12. The number of hydrogen-bond acceptors (Lipinski definition) is 6. The van der Waals surface area contributed by atoms with Crippen molar-refractivity contribution in [1.82, 2.24) is 0 Å². The van der Waals surface area contributed by atoms with Crippen molar-refractivity contribution in [2.75, 3.05) is 16.0 Å². The Morgan fingerprint density at radius 1 is 0.634 bits per heavy atom. The molecule has 10 heteroatoms. The number of hydrogen-bond donors (Lipinski definition) is 2. The lowest BCUT2D eigenvalue weighted by molar-refractivity contribution is 0.599. The van der Waals surface area contributed by atoms with Crippen LogP contribution in [0.25, 0.3) is 0 Å². The molecule has 4 aromatic rings. The van der Waals surface area contributed by atoms with Gasteiger partial charge in [-0.3, -0.25) is 19.4 Å². The first-order chi connectivity index (χ1) is 19.5. The van der Waals surface area contributed by atoms with Crippen LogP contribution < -0.4 is 9.44 Å². The zero-order chi connectivity index (χ0) is 29.5. The van der Waals surface area contributed by atoms with Crippen LogP contribution in [0.5, 0.6) is 0 Å². The van der Waals surface area contributed by atoms with Crippen molar-refractivity contribution in [2.45, 2.75) is 36.6 Å². The van der Waals surface area contributed by atoms with Gasteiger partial charge in [0.25, 0.3) is 20.0 Å². The second kappa shape index (κ2) is 12.9. The molecule has 0 fully saturated rings. The van der Waals surface area contributed by atoms with E-state index >= 15 is 0 Å². The minimum atomic E-state index is -3.76. The van der Waals surface area contributed by atoms with Crippen LogP contribution >= 0.6 is 0 Å². The molecule has 2 N–H and O–H groups in total. The number of aliphatic imine (C=N–C) groups is 2. The van der Waals surface area contributed by atoms with Crippen LogP contribution in [0.3, 0.4) is 0 Å². The highest BCUT2D eigenvalue weighted by Gasteiger charge is 2.16. The molecule has 0 aliphatic carbocycles. The number of anilines is 2. The minimum absolute atomic E-state index is 0.180. The third-order valence-corrected chi connectivity index (χ3v) is 8.90. The molecule has 212 valence electrons. The molecule has 41 heavy (non-hydrogen) atoms. The van der Waals surface area contributed by atoms with Gasteiger partial charge in [0.2, 0.25) is 0 Å². The Kier molecular flexibility index (Phi) is 9.36. The van der Waals surface area contributed by atoms with Crippen molar-refractivity contribution in [3.05, 3.63) is 119 Å². The molecule has 4 rings (SSSR count). The van der Waals surface area contributed by atoms with E-state index in [9.17, 15) is 16.8 Å². The average Bonchev–Trinajstić information content (AvgIpc) is 2.93. The zero-order valence-corrected chi connectivity index (χ0v) is 24.7. The lowest BCUT2D eigenvalue weighted by Gasteiger charge is -2.11. The van der Waals surface area contributed by atoms with Gasteiger partial charge in [0.15, 0.2) is 0 Å². The Morgan fingerprint density at radius 3 is 1.51 bits per heavy atom. The van der Waals surface area contributed by atoms with E-state index in [1.807, 2.05) is 26.8 Å². The number of nitrogens with one attached hydrogen (secondary N) is 2. The fourth-order valence-electron chi connectivity index (χ4n) is 3.81. The quantitative estimate of drug-likeness (QED) is 0.214. The van der Waals surface area contributed by atoms with Gasteiger partial charge in [0, 0.05) is 23.6 Å². The molecule has 0 aromatic heterocycles. The molecule has 0 amide bonds. The first-order valence-electron chi connectivity index (χ1n) is 12.9. The Balaban J connectivity index is 1.42. The van der Waals surface area contributed by atoms with E-state index in [1.54, 1.807) is 103 Å². The van der Waals surface area contributed by atoms with Gasteiger partial charge in [0.05, 0.1) is 33.8 Å². The normalized spacial score (nSPS) is 13.0. The lowest BCUT2D eigenvalue weighted by Crippen LogP contribution is -2.14. The number of aryl methyl sites for hydroxylation is 2. The second-order valence-corrected chi connectivity index (χ2v) is 13.0. The van der Waals surface area contributed by atoms with Gasteiger partial charge in [-0.05, 0) is 57.2 Å². The molecular formula is C31H32N4O4S2. The van der Waals surface area contributed by atoms with Crippen LogP contribution in [0.2, 0.25) is 0 Å². The molecule has 0 aliphatic rings. The van der Waals surface area contributed by atoms with Gasteiger partial charge in [-0.15, -0.1) is 0 Å². The van der Waals surface area contributed by atoms with Crippen molar-refractivity contribution in [3.63, 3.8) is 0 Å². The van der Waals surface area contributed by atoms with E-state index in [0.29, 0.717) is 29.0 Å². The summed E-state index contributed by atoms with van der Waals surface area (Å²) in [5.74, 6) is 0. The minimum Gasteiger partial charge on any atom is -0.290 e. The number of para-hydroxylation sites is 2. The zero-order valence-electron chi connectivity index (χ0n) is 23.0. The molecule has 0 bridgehead atoms. The Hall–Kier alpha value is -4.28. The number of nitrogens with zero attached hydrogens (tertiary/aromatic N) is 2. The summed E-state index contributed by atoms with van der Waals surface area (Å²) in [4.78, 5) is 9.38. The number of rotatable bonds is 11. The molecule has 0 spiro atoms. The summed E-state index contributed by atoms with van der Waals surface area (Å²) in [6.07, 6.45) is 3.24. The topological polar surface area (TPSA) is 117 Å². The highest BCUT2D eigenvalue weighted by Crippen LogP contribution is 2.21. The average molecular weight is 589 g/mol. The molecule has 0 heterocycles. The van der Waals surface area contributed by atoms with Crippen molar-refractivity contribution in [1.29, 1.82) is 0 Å². The standard InChI is InChI=1S/C31H32N4O4S2/c1-23-12-16-28(17-13-23)40(36,37)34-30-10-6-4-8-26(30)21-32-20-25(3)33-22-27-9-5-7-11-31(27)35-41(38,39)29-18-14-24(2)15-19-29/h4-19,21-22,25,34-35H,20H2,1-3H3. The van der Waals surface area contributed by atoms with Crippen molar-refractivity contribution < 1.29 is 16.8 Å². The van der Waals surface area contributed by atoms with Crippen LogP contribution in [0.4, 0.5) is 11.4 Å². The maximum atomic E-state index is 12.9. The van der Waals surface area contributed by atoms with E-state index < -0.39 is 20.0 Å². The molecular weight excluding hydrogens is 556 g/mol. The highest BCUT2D eigenvalue weighted by molar-refractivity contribution is 7.93. The summed E-state index contributed by atoms with van der Waals surface area (Å²) in [6, 6.07) is 27.1. The van der Waals surface area contributed by atoms with Gasteiger partial charge in [-0.1, -0.05) is 71.8 Å². The molecule has 1 atom stereocenters. The fraction of sp³-hybridized carbons (Fsp3) is 0.161. The van der Waals surface area contributed by atoms with E-state index in [4.69, 9.17) is 0 Å². The Morgan fingerprint density at radius 2 is 1.05 bits per heavy atom. The molecule has 0 saturated heterocycles. The van der Waals surface area contributed by atoms with E-state index in [2.05, 4.69) is 19.4 Å². The van der Waals surface area contributed by atoms with Crippen LogP contribution in [0.1, 0.15) is 29.2 Å². The van der Waals surface area contributed by atoms with Gasteiger partial charge in [0.1, 0.15) is 0 Å². The van der Waals surface area contributed by atoms with E-state index in [-0.39, 0.29) is 15.8 Å². The summed E-state index contributed by atoms with van der Waals surface area (Å²) < 4.78 is 56.7. The van der Waals surface area contributed by atoms with Crippen molar-refractivity contribution in [3.8, 4) is 0 Å². The maximum absolute atomic E-state index is 12.9. The Bertz CT molecular complexity index is 1770. The summed E-state index contributed by atoms with van der Waals surface area (Å²) >= 11 is 0. The monoisotopic (exact) mass is 588 g/mol. The van der Waals surface area contributed by atoms with Gasteiger partial charge < -0.3 is 0 Å². The predicted octanol–water partition coefficient (Wildman–Crippen LogP) is 5.83. The van der Waals surface area contributed by atoms with Gasteiger partial charge in [-0.2, -0.15) is 0 Å². The molecule has 8 nitrogen and oxygen atoms in total. The first-order valence-corrected chi connectivity index (χ1v) is 15.9. The molecule has 0 aliphatic heterocycles. The molecule has 4 aromatic carbocycles. The highest BCUT2D eigenvalue weighted by atomic mass is 32.2. The SMILES string of the molecule is Cc1ccc(S(=O)(=O)Nc2ccccc2C=NCC(C)N=Cc2ccccc2NS(=O)(=O)c2ccc(C)cc2)cc1. The van der Waals surface area contributed by atoms with Gasteiger partial charge >= 0.3 is 0 Å². The number of benzene rings is 4. The van der Waals surface area contributed by atoms with Crippen LogP contribution in [-0.4, -0.2) is 41.9 Å². The smallest absolute Gasteiger partial charge is 0.261 e. The first kappa shape index (κ1) is 29.7. The largest absolute Gasteiger partial charge is 0.290 e. The summed E-state index contributed by atoms with van der Waals surface area (Å²) in [6.45, 7) is 6.02. The second-order valence-electron chi connectivity index (χ2n) is 9.63. The predicted molar refractivity (Wildman–Crippen MR) is 166 cm³/mol. The maximum Gasteiger partial charge on any atom is 0.261 e. The van der Waals surface area contributed by atoms with E-state index in [1.165, 1.54) is 0 Å². The van der Waals surface area contributed by atoms with Crippen LogP contribution in [0, 0.1) is 13.8 Å². The van der Waals surface area contributed by atoms with Crippen molar-refractivity contribution in [2.24, 2.45) is 9.98 Å². The van der Waals surface area contributed by atoms with Crippen LogP contribution in [0.15, 0.2) is 117 Å². The fourth-order valence-corrected chi connectivity index (χ4v) is 5.98. The summed E-state index contributed by atoms with van der Waals surface area (Å²) in [5.41, 5.74) is 4.02. The van der Waals surface area contributed by atoms with Crippen molar-refractivity contribution >= 4 is 43.9 Å². The molecule has 1 unspecified atom stereocenters. The van der Waals surface area contributed by atoms with Crippen LogP contribution in [-0.2, 0) is 20.0 Å². The Labute approximate surface area is 242 Å². The summed E-state index contributed by atoms with van der Waals surface area (Å²) in [5, 5.41) is 0. The van der Waals surface area contributed by atoms with Gasteiger partial charge in [-0.25, -0.2) is 16.8 Å². The lowest BCUT2D eigenvalue weighted by atomic mass is 10.2. The third-order valence-electron chi connectivity index (χ3n) is 6.14. The van der Waals surface area contributed by atoms with E-state index in [0.717, 1.165) is 11.1 Å². The summed E-state index contributed by atoms with van der Waals surface area (Å²) in [7, 11) is -7.51. The molecule has 0 saturated carbocycles.